The number of benzene rings is 2. The molecule has 1 amide bonds. The van der Waals surface area contributed by atoms with Crippen molar-refractivity contribution in [2.45, 2.75) is 33.6 Å². The lowest BCUT2D eigenvalue weighted by Gasteiger charge is -2.32. The number of piperidine rings is 1. The van der Waals surface area contributed by atoms with Crippen LogP contribution in [0.2, 0.25) is 0 Å². The molecular formula is C21H26N2O. The molecule has 1 N–H and O–H groups in total. The fraction of sp³-hybridized carbons (Fsp3) is 0.381. The summed E-state index contributed by atoms with van der Waals surface area (Å²) in [7, 11) is 0. The molecule has 126 valence electrons. The molecule has 0 bridgehead atoms. The number of hydrogen-bond acceptors (Lipinski definition) is 2. The van der Waals surface area contributed by atoms with Crippen LogP contribution < -0.4 is 10.2 Å². The van der Waals surface area contributed by atoms with E-state index in [0.29, 0.717) is 5.56 Å². The highest BCUT2D eigenvalue weighted by molar-refractivity contribution is 6.04. The summed E-state index contributed by atoms with van der Waals surface area (Å²) in [5.74, 6) is 0.695. The molecule has 2 aromatic rings. The topological polar surface area (TPSA) is 32.3 Å². The fourth-order valence-corrected chi connectivity index (χ4v) is 3.27. The lowest BCUT2D eigenvalue weighted by atomic mass is 10.00. The molecule has 1 fully saturated rings. The highest BCUT2D eigenvalue weighted by Gasteiger charge is 2.16. The number of carbonyl (C=O) groups is 1. The number of nitrogens with zero attached hydrogens (tertiary/aromatic N) is 1. The van der Waals surface area contributed by atoms with Crippen LogP contribution in [0.5, 0.6) is 0 Å². The van der Waals surface area contributed by atoms with Crippen LogP contribution in [-0.2, 0) is 0 Å². The van der Waals surface area contributed by atoms with E-state index in [0.717, 1.165) is 30.3 Å². The summed E-state index contributed by atoms with van der Waals surface area (Å²) < 4.78 is 0. The van der Waals surface area contributed by atoms with Gasteiger partial charge in [0.1, 0.15) is 0 Å². The molecule has 0 aliphatic carbocycles. The third-order valence-corrected chi connectivity index (χ3v) is 4.92. The van der Waals surface area contributed by atoms with E-state index in [1.807, 2.05) is 37.3 Å². The van der Waals surface area contributed by atoms with Crippen molar-refractivity contribution in [1.82, 2.24) is 0 Å². The van der Waals surface area contributed by atoms with E-state index in [4.69, 9.17) is 0 Å². The van der Waals surface area contributed by atoms with Crippen LogP contribution in [0.15, 0.2) is 42.5 Å². The van der Waals surface area contributed by atoms with E-state index in [2.05, 4.69) is 36.2 Å². The summed E-state index contributed by atoms with van der Waals surface area (Å²) in [6, 6.07) is 14.0. The normalized spacial score (nSPS) is 17.6. The molecule has 1 aliphatic heterocycles. The number of amides is 1. The van der Waals surface area contributed by atoms with Crippen LogP contribution in [0.1, 0.15) is 41.3 Å². The zero-order valence-electron chi connectivity index (χ0n) is 14.8. The molecule has 1 atom stereocenters. The third-order valence-electron chi connectivity index (χ3n) is 4.92. The Labute approximate surface area is 144 Å². The van der Waals surface area contributed by atoms with Crippen molar-refractivity contribution in [2.24, 2.45) is 5.92 Å². The number of carbonyl (C=O) groups excluding carboxylic acids is 1. The van der Waals surface area contributed by atoms with Crippen LogP contribution in [0.4, 0.5) is 11.4 Å². The van der Waals surface area contributed by atoms with Crippen LogP contribution in [0.3, 0.4) is 0 Å². The average molecular weight is 322 g/mol. The standard InChI is InChI=1S/C21H26N2O/c1-15-5-4-12-23(14-15)20-10-8-19(9-11-20)22-21(24)18-7-6-16(2)17(3)13-18/h6-11,13,15H,4-5,12,14H2,1-3H3,(H,22,24). The van der Waals surface area contributed by atoms with Gasteiger partial charge in [0, 0.05) is 30.0 Å². The van der Waals surface area contributed by atoms with Gasteiger partial charge in [-0.05, 0) is 80.1 Å². The fourth-order valence-electron chi connectivity index (χ4n) is 3.27. The lowest BCUT2D eigenvalue weighted by Crippen LogP contribution is -2.34. The highest BCUT2D eigenvalue weighted by atomic mass is 16.1. The highest BCUT2D eigenvalue weighted by Crippen LogP contribution is 2.24. The molecule has 1 unspecified atom stereocenters. The second-order valence-electron chi connectivity index (χ2n) is 6.99. The van der Waals surface area contributed by atoms with Crippen LogP contribution >= 0.6 is 0 Å². The van der Waals surface area contributed by atoms with Crippen molar-refractivity contribution in [2.75, 3.05) is 23.3 Å². The number of hydrogen-bond donors (Lipinski definition) is 1. The van der Waals surface area contributed by atoms with Gasteiger partial charge in [-0.15, -0.1) is 0 Å². The van der Waals surface area contributed by atoms with E-state index >= 15 is 0 Å². The summed E-state index contributed by atoms with van der Waals surface area (Å²) in [4.78, 5) is 14.8. The summed E-state index contributed by atoms with van der Waals surface area (Å²) >= 11 is 0. The predicted octanol–water partition coefficient (Wildman–Crippen LogP) is 4.79. The van der Waals surface area contributed by atoms with Gasteiger partial charge in [-0.25, -0.2) is 0 Å². The molecule has 0 spiro atoms. The van der Waals surface area contributed by atoms with Crippen molar-refractivity contribution in [3.05, 3.63) is 59.2 Å². The van der Waals surface area contributed by atoms with Crippen molar-refractivity contribution in [3.63, 3.8) is 0 Å². The van der Waals surface area contributed by atoms with Crippen LogP contribution in [-0.4, -0.2) is 19.0 Å². The van der Waals surface area contributed by atoms with Crippen LogP contribution in [0.25, 0.3) is 0 Å². The van der Waals surface area contributed by atoms with Crippen molar-refractivity contribution in [3.8, 4) is 0 Å². The maximum Gasteiger partial charge on any atom is 0.255 e. The predicted molar refractivity (Wildman–Crippen MR) is 101 cm³/mol. The maximum absolute atomic E-state index is 12.4. The summed E-state index contributed by atoms with van der Waals surface area (Å²) in [6.45, 7) is 8.63. The second-order valence-corrected chi connectivity index (χ2v) is 6.99. The number of nitrogens with one attached hydrogen (secondary N) is 1. The van der Waals surface area contributed by atoms with Gasteiger partial charge in [0.05, 0.1) is 0 Å². The van der Waals surface area contributed by atoms with Gasteiger partial charge in [0.15, 0.2) is 0 Å². The molecule has 1 saturated heterocycles. The molecule has 24 heavy (non-hydrogen) atoms. The Hall–Kier alpha value is -2.29. The van der Waals surface area contributed by atoms with Gasteiger partial charge in [-0.3, -0.25) is 4.79 Å². The number of aryl methyl sites for hydroxylation is 2. The number of rotatable bonds is 3. The van der Waals surface area contributed by atoms with Crippen molar-refractivity contribution < 1.29 is 4.79 Å². The Morgan fingerprint density at radius 2 is 1.83 bits per heavy atom. The SMILES string of the molecule is Cc1ccc(C(=O)Nc2ccc(N3CCCC(C)C3)cc2)cc1C. The van der Waals surface area contributed by atoms with E-state index in [-0.39, 0.29) is 5.91 Å². The Balaban J connectivity index is 1.67. The average Bonchev–Trinajstić information content (AvgIpc) is 2.58. The minimum Gasteiger partial charge on any atom is -0.371 e. The Kier molecular flexibility index (Phi) is 4.89. The summed E-state index contributed by atoms with van der Waals surface area (Å²) in [5.41, 5.74) is 5.12. The van der Waals surface area contributed by atoms with E-state index < -0.39 is 0 Å². The molecule has 0 aromatic heterocycles. The second kappa shape index (κ2) is 7.08. The molecular weight excluding hydrogens is 296 g/mol. The molecule has 3 heteroatoms. The maximum atomic E-state index is 12.4. The molecule has 3 rings (SSSR count). The first-order chi connectivity index (χ1) is 11.5. The monoisotopic (exact) mass is 322 g/mol. The molecule has 1 heterocycles. The van der Waals surface area contributed by atoms with E-state index in [1.165, 1.54) is 24.1 Å². The molecule has 1 aliphatic rings. The molecule has 0 saturated carbocycles. The summed E-state index contributed by atoms with van der Waals surface area (Å²) in [6.07, 6.45) is 2.58. The van der Waals surface area contributed by atoms with Crippen LogP contribution in [0, 0.1) is 19.8 Å². The Morgan fingerprint density at radius 3 is 2.50 bits per heavy atom. The van der Waals surface area contributed by atoms with Gasteiger partial charge in [-0.2, -0.15) is 0 Å². The van der Waals surface area contributed by atoms with E-state index in [9.17, 15) is 4.79 Å². The first-order valence-electron chi connectivity index (χ1n) is 8.76. The first kappa shape index (κ1) is 16.6. The largest absolute Gasteiger partial charge is 0.371 e. The van der Waals surface area contributed by atoms with E-state index in [1.54, 1.807) is 0 Å². The Bertz CT molecular complexity index is 721. The number of anilines is 2. The molecule has 3 nitrogen and oxygen atoms in total. The Morgan fingerprint density at radius 1 is 1.08 bits per heavy atom. The first-order valence-corrected chi connectivity index (χ1v) is 8.76. The smallest absolute Gasteiger partial charge is 0.255 e. The van der Waals surface area contributed by atoms with Gasteiger partial charge < -0.3 is 10.2 Å². The lowest BCUT2D eigenvalue weighted by molar-refractivity contribution is 0.102. The van der Waals surface area contributed by atoms with Crippen molar-refractivity contribution in [1.29, 1.82) is 0 Å². The zero-order valence-corrected chi connectivity index (χ0v) is 14.8. The minimum absolute atomic E-state index is 0.0579. The van der Waals surface area contributed by atoms with Gasteiger partial charge in [0.25, 0.3) is 5.91 Å². The van der Waals surface area contributed by atoms with Gasteiger partial charge in [0.2, 0.25) is 0 Å². The summed E-state index contributed by atoms with van der Waals surface area (Å²) in [5, 5.41) is 2.99. The zero-order chi connectivity index (χ0) is 17.1. The van der Waals surface area contributed by atoms with Crippen molar-refractivity contribution >= 4 is 17.3 Å². The van der Waals surface area contributed by atoms with Gasteiger partial charge >= 0.3 is 0 Å². The molecule has 0 radical (unpaired) electrons. The minimum atomic E-state index is -0.0579. The molecule has 2 aromatic carbocycles. The quantitative estimate of drug-likeness (QED) is 0.881. The van der Waals surface area contributed by atoms with Gasteiger partial charge in [-0.1, -0.05) is 13.0 Å². The third kappa shape index (κ3) is 3.78.